The van der Waals surface area contributed by atoms with Crippen LogP contribution in [0.15, 0.2) is 46.9 Å². The predicted molar refractivity (Wildman–Crippen MR) is 96.6 cm³/mol. The standard InChI is InChI=1S/C16H15NO.2C2H6/c1-11-7-6-8-12(2)15-14(11)17-16(18-15)13-9-4-3-5-10-13;2*1-2/h3-5,7-10H,6H2,1-2H3;2*1-2H3. The minimum atomic E-state index is 0.697. The van der Waals surface area contributed by atoms with Crippen molar-refractivity contribution in [2.24, 2.45) is 0 Å². The summed E-state index contributed by atoms with van der Waals surface area (Å²) in [5.74, 6) is 1.60. The molecule has 0 amide bonds. The van der Waals surface area contributed by atoms with Gasteiger partial charge in [0.2, 0.25) is 5.89 Å². The van der Waals surface area contributed by atoms with Crippen LogP contribution in [0.1, 0.15) is 59.4 Å². The number of hydrogen-bond donors (Lipinski definition) is 0. The number of fused-ring (bicyclic) bond motifs is 1. The van der Waals surface area contributed by atoms with Crippen LogP contribution in [0, 0.1) is 0 Å². The van der Waals surface area contributed by atoms with E-state index in [1.807, 2.05) is 58.0 Å². The molecule has 1 aromatic heterocycles. The maximum absolute atomic E-state index is 5.93. The maximum Gasteiger partial charge on any atom is 0.227 e. The van der Waals surface area contributed by atoms with Gasteiger partial charge in [-0.2, -0.15) is 0 Å². The van der Waals surface area contributed by atoms with Crippen molar-refractivity contribution in [1.29, 1.82) is 0 Å². The van der Waals surface area contributed by atoms with Crippen LogP contribution in [-0.2, 0) is 0 Å². The molecule has 0 atom stereocenters. The fourth-order valence-electron chi connectivity index (χ4n) is 2.16. The van der Waals surface area contributed by atoms with E-state index in [4.69, 9.17) is 4.42 Å². The smallest absolute Gasteiger partial charge is 0.227 e. The second kappa shape index (κ2) is 9.04. The Morgan fingerprint density at radius 3 is 2.09 bits per heavy atom. The van der Waals surface area contributed by atoms with E-state index in [1.165, 1.54) is 5.57 Å². The molecule has 22 heavy (non-hydrogen) atoms. The molecule has 1 aromatic carbocycles. The fourth-order valence-corrected chi connectivity index (χ4v) is 2.16. The number of hydrogen-bond acceptors (Lipinski definition) is 2. The molecule has 1 aliphatic rings. The zero-order valence-electron chi connectivity index (χ0n) is 14.6. The second-order valence-corrected chi connectivity index (χ2v) is 4.57. The number of rotatable bonds is 1. The van der Waals surface area contributed by atoms with E-state index in [0.717, 1.165) is 29.0 Å². The van der Waals surface area contributed by atoms with E-state index in [1.54, 1.807) is 0 Å². The Bertz CT molecular complexity index is 597. The van der Waals surface area contributed by atoms with Crippen molar-refractivity contribution in [3.63, 3.8) is 0 Å². The van der Waals surface area contributed by atoms with Crippen molar-refractivity contribution in [3.8, 4) is 11.5 Å². The van der Waals surface area contributed by atoms with Gasteiger partial charge in [0.25, 0.3) is 0 Å². The van der Waals surface area contributed by atoms with Crippen LogP contribution in [-0.4, -0.2) is 4.98 Å². The Balaban J connectivity index is 0.000000561. The molecule has 1 heterocycles. The number of allylic oxidation sites excluding steroid dienone is 4. The molecule has 3 rings (SSSR count). The largest absolute Gasteiger partial charge is 0.436 e. The van der Waals surface area contributed by atoms with Crippen LogP contribution in [0.25, 0.3) is 22.6 Å². The van der Waals surface area contributed by atoms with Crippen LogP contribution < -0.4 is 0 Å². The van der Waals surface area contributed by atoms with Gasteiger partial charge >= 0.3 is 0 Å². The Morgan fingerprint density at radius 2 is 1.45 bits per heavy atom. The van der Waals surface area contributed by atoms with Crippen molar-refractivity contribution < 1.29 is 4.42 Å². The molecule has 2 aromatic rings. The van der Waals surface area contributed by atoms with Crippen molar-refractivity contribution >= 4 is 11.1 Å². The quantitative estimate of drug-likeness (QED) is 0.592. The third-order valence-electron chi connectivity index (χ3n) is 3.23. The molecule has 2 heteroatoms. The average molecular weight is 297 g/mol. The highest BCUT2D eigenvalue weighted by atomic mass is 16.4. The maximum atomic E-state index is 5.93. The molecule has 2 nitrogen and oxygen atoms in total. The first-order valence-corrected chi connectivity index (χ1v) is 8.16. The lowest BCUT2D eigenvalue weighted by atomic mass is 10.1. The van der Waals surface area contributed by atoms with Crippen LogP contribution in [0.3, 0.4) is 0 Å². The molecule has 0 spiro atoms. The van der Waals surface area contributed by atoms with Gasteiger partial charge in [-0.05, 0) is 43.5 Å². The summed E-state index contributed by atoms with van der Waals surface area (Å²) in [6.45, 7) is 12.2. The Morgan fingerprint density at radius 1 is 0.864 bits per heavy atom. The lowest BCUT2D eigenvalue weighted by Crippen LogP contribution is -1.84. The molecule has 0 unspecified atom stereocenters. The van der Waals surface area contributed by atoms with Crippen molar-refractivity contribution in [2.45, 2.75) is 48.0 Å². The Labute approximate surface area is 134 Å². The van der Waals surface area contributed by atoms with Gasteiger partial charge in [-0.25, -0.2) is 4.98 Å². The normalized spacial score (nSPS) is 12.5. The lowest BCUT2D eigenvalue weighted by Gasteiger charge is -1.96. The summed E-state index contributed by atoms with van der Waals surface area (Å²) in [6, 6.07) is 10.0. The van der Waals surface area contributed by atoms with Gasteiger partial charge in [-0.1, -0.05) is 58.0 Å². The number of nitrogens with zero attached hydrogens (tertiary/aromatic N) is 1. The van der Waals surface area contributed by atoms with Gasteiger partial charge < -0.3 is 4.42 Å². The van der Waals surface area contributed by atoms with Crippen molar-refractivity contribution in [3.05, 3.63) is 53.9 Å². The minimum absolute atomic E-state index is 0.697. The highest BCUT2D eigenvalue weighted by Gasteiger charge is 2.18. The molecule has 0 fully saturated rings. The SMILES string of the molecule is CC.CC.CC1=CCC=C(C)c2oc(-c3ccccc3)nc21. The third kappa shape index (κ3) is 3.97. The highest BCUT2D eigenvalue weighted by Crippen LogP contribution is 2.32. The molecule has 0 saturated carbocycles. The van der Waals surface area contributed by atoms with Crippen LogP contribution >= 0.6 is 0 Å². The molecule has 1 aliphatic carbocycles. The average Bonchev–Trinajstić information content (AvgIpc) is 3.00. The summed E-state index contributed by atoms with van der Waals surface area (Å²) in [4.78, 5) is 4.64. The summed E-state index contributed by atoms with van der Waals surface area (Å²) in [5, 5.41) is 0. The summed E-state index contributed by atoms with van der Waals surface area (Å²) >= 11 is 0. The lowest BCUT2D eigenvalue weighted by molar-refractivity contribution is 0.560. The van der Waals surface area contributed by atoms with E-state index in [0.29, 0.717) is 5.89 Å². The molecule has 0 bridgehead atoms. The van der Waals surface area contributed by atoms with Gasteiger partial charge in [-0.3, -0.25) is 0 Å². The number of aromatic nitrogens is 1. The molecule has 118 valence electrons. The highest BCUT2D eigenvalue weighted by molar-refractivity contribution is 5.77. The van der Waals surface area contributed by atoms with Gasteiger partial charge in [0, 0.05) is 5.56 Å². The van der Waals surface area contributed by atoms with E-state index in [9.17, 15) is 0 Å². The van der Waals surface area contributed by atoms with Crippen molar-refractivity contribution in [1.82, 2.24) is 4.98 Å². The van der Waals surface area contributed by atoms with Crippen LogP contribution in [0.4, 0.5) is 0 Å². The second-order valence-electron chi connectivity index (χ2n) is 4.57. The third-order valence-corrected chi connectivity index (χ3v) is 3.23. The summed E-state index contributed by atoms with van der Waals surface area (Å²) in [7, 11) is 0. The van der Waals surface area contributed by atoms with E-state index < -0.39 is 0 Å². The number of benzene rings is 1. The summed E-state index contributed by atoms with van der Waals surface area (Å²) in [5.41, 5.74) is 4.34. The van der Waals surface area contributed by atoms with Gasteiger partial charge in [0.15, 0.2) is 5.76 Å². The first-order chi connectivity index (χ1) is 10.8. The molecule has 0 aliphatic heterocycles. The van der Waals surface area contributed by atoms with Crippen LogP contribution in [0.2, 0.25) is 0 Å². The van der Waals surface area contributed by atoms with E-state index in [-0.39, 0.29) is 0 Å². The molecule has 0 N–H and O–H groups in total. The fraction of sp³-hybridized carbons (Fsp3) is 0.350. The minimum Gasteiger partial charge on any atom is -0.436 e. The first-order valence-electron chi connectivity index (χ1n) is 8.16. The summed E-state index contributed by atoms with van der Waals surface area (Å²) in [6.07, 6.45) is 5.31. The first kappa shape index (κ1) is 18.0. The monoisotopic (exact) mass is 297 g/mol. The predicted octanol–water partition coefficient (Wildman–Crippen LogP) is 6.60. The Kier molecular flexibility index (Phi) is 7.38. The topological polar surface area (TPSA) is 26.0 Å². The van der Waals surface area contributed by atoms with Gasteiger partial charge in [0.1, 0.15) is 5.69 Å². The zero-order valence-corrected chi connectivity index (χ0v) is 14.6. The number of oxazole rings is 1. The Hall–Kier alpha value is -2.09. The molecular weight excluding hydrogens is 270 g/mol. The van der Waals surface area contributed by atoms with E-state index >= 15 is 0 Å². The van der Waals surface area contributed by atoms with Gasteiger partial charge in [0.05, 0.1) is 0 Å². The molecule has 0 saturated heterocycles. The van der Waals surface area contributed by atoms with Crippen LogP contribution in [0.5, 0.6) is 0 Å². The molecular formula is C20H27NO. The van der Waals surface area contributed by atoms with Crippen molar-refractivity contribution in [2.75, 3.05) is 0 Å². The zero-order chi connectivity index (χ0) is 16.5. The summed E-state index contributed by atoms with van der Waals surface area (Å²) < 4.78 is 5.93. The van der Waals surface area contributed by atoms with E-state index in [2.05, 4.69) is 31.0 Å². The molecule has 0 radical (unpaired) electrons. The van der Waals surface area contributed by atoms with Gasteiger partial charge in [-0.15, -0.1) is 0 Å².